The van der Waals surface area contributed by atoms with Crippen LogP contribution in [0.3, 0.4) is 0 Å². The van der Waals surface area contributed by atoms with Crippen molar-refractivity contribution in [3.8, 4) is 0 Å². The van der Waals surface area contributed by atoms with Gasteiger partial charge in [-0.05, 0) is 37.1 Å². The van der Waals surface area contributed by atoms with Gasteiger partial charge in [0.1, 0.15) is 5.82 Å². The molecular weight excluding hydrogens is 443 g/mol. The highest BCUT2D eigenvalue weighted by Crippen LogP contribution is 2.24. The molecule has 1 amide bonds. The normalized spacial score (nSPS) is 13.1. The first kappa shape index (κ1) is 26.8. The van der Waals surface area contributed by atoms with Crippen LogP contribution in [-0.4, -0.2) is 30.4 Å². The van der Waals surface area contributed by atoms with Gasteiger partial charge in [0.25, 0.3) is 0 Å². The van der Waals surface area contributed by atoms with Gasteiger partial charge < -0.3 is 5.32 Å². The number of amides is 1. The molecule has 0 spiro atoms. The van der Waals surface area contributed by atoms with Gasteiger partial charge in [-0.1, -0.05) is 53.0 Å². The SMILES string of the molecule is CCCCCCn1nc(C(C)(C)C)cc1CNC(=O)[C@@H](C)c1ccc(NS(C)(=O)=O)c(F)c1. The summed E-state index contributed by atoms with van der Waals surface area (Å²) in [6.07, 6.45) is 5.48. The van der Waals surface area contributed by atoms with Gasteiger partial charge in [-0.25, -0.2) is 12.8 Å². The first-order chi connectivity index (χ1) is 15.3. The molecule has 33 heavy (non-hydrogen) atoms. The van der Waals surface area contributed by atoms with Gasteiger partial charge in [-0.3, -0.25) is 14.2 Å². The number of hydrogen-bond donors (Lipinski definition) is 2. The monoisotopic (exact) mass is 480 g/mol. The Hall–Kier alpha value is -2.42. The Morgan fingerprint density at radius 3 is 2.45 bits per heavy atom. The van der Waals surface area contributed by atoms with E-state index >= 15 is 0 Å². The summed E-state index contributed by atoms with van der Waals surface area (Å²) in [6.45, 7) is 11.3. The van der Waals surface area contributed by atoms with E-state index in [2.05, 4.69) is 37.7 Å². The maximum Gasteiger partial charge on any atom is 0.229 e. The van der Waals surface area contributed by atoms with E-state index in [1.165, 1.54) is 25.0 Å². The van der Waals surface area contributed by atoms with Crippen LogP contribution in [0.1, 0.15) is 83.2 Å². The maximum atomic E-state index is 14.3. The highest BCUT2D eigenvalue weighted by atomic mass is 32.2. The summed E-state index contributed by atoms with van der Waals surface area (Å²) in [6, 6.07) is 6.11. The van der Waals surface area contributed by atoms with E-state index in [4.69, 9.17) is 5.10 Å². The van der Waals surface area contributed by atoms with Gasteiger partial charge in [-0.15, -0.1) is 0 Å². The standard InChI is InChI=1S/C24H37FN4O3S/c1-7-8-9-10-13-29-19(15-22(27-29)24(3,4)5)16-26-23(30)17(2)18-11-12-21(20(25)14-18)28-33(6,31)32/h11-12,14-15,17,28H,7-10,13,16H2,1-6H3,(H,26,30)/t17-/m0/s1. The predicted octanol–water partition coefficient (Wildman–Crippen LogP) is 4.69. The summed E-state index contributed by atoms with van der Waals surface area (Å²) in [5, 5.41) is 7.71. The highest BCUT2D eigenvalue weighted by Gasteiger charge is 2.22. The van der Waals surface area contributed by atoms with Crippen LogP contribution in [-0.2, 0) is 33.3 Å². The van der Waals surface area contributed by atoms with E-state index < -0.39 is 21.8 Å². The summed E-state index contributed by atoms with van der Waals surface area (Å²) in [7, 11) is -3.59. The van der Waals surface area contributed by atoms with Crippen molar-refractivity contribution >= 4 is 21.6 Å². The van der Waals surface area contributed by atoms with Gasteiger partial charge in [0.2, 0.25) is 15.9 Å². The number of sulfonamides is 1. The number of benzene rings is 1. The minimum atomic E-state index is -3.59. The maximum absolute atomic E-state index is 14.3. The highest BCUT2D eigenvalue weighted by molar-refractivity contribution is 7.92. The summed E-state index contributed by atoms with van der Waals surface area (Å²) >= 11 is 0. The number of nitrogens with one attached hydrogen (secondary N) is 2. The molecule has 0 bridgehead atoms. The van der Waals surface area contributed by atoms with Crippen molar-refractivity contribution < 1.29 is 17.6 Å². The number of anilines is 1. The molecular formula is C24H37FN4O3S. The Morgan fingerprint density at radius 1 is 1.18 bits per heavy atom. The van der Waals surface area contributed by atoms with Crippen LogP contribution in [0, 0.1) is 5.82 Å². The number of carbonyl (C=O) groups excluding carboxylic acids is 1. The summed E-state index contributed by atoms with van der Waals surface area (Å²) in [4.78, 5) is 12.8. The van der Waals surface area contributed by atoms with Crippen LogP contribution in [0.15, 0.2) is 24.3 Å². The van der Waals surface area contributed by atoms with Crippen LogP contribution in [0.25, 0.3) is 0 Å². The molecule has 0 fully saturated rings. The molecule has 0 unspecified atom stereocenters. The van der Waals surface area contributed by atoms with Crippen molar-refractivity contribution in [3.63, 3.8) is 0 Å². The third-order valence-corrected chi connectivity index (χ3v) is 6.07. The first-order valence-corrected chi connectivity index (χ1v) is 13.3. The second-order valence-electron chi connectivity index (χ2n) is 9.61. The van der Waals surface area contributed by atoms with Crippen LogP contribution in [0.4, 0.5) is 10.1 Å². The number of nitrogens with zero attached hydrogens (tertiary/aromatic N) is 2. The zero-order chi connectivity index (χ0) is 24.8. The van der Waals surface area contributed by atoms with Crippen LogP contribution >= 0.6 is 0 Å². The number of aryl methyl sites for hydroxylation is 1. The van der Waals surface area contributed by atoms with Gasteiger partial charge in [0, 0.05) is 12.0 Å². The molecule has 0 aliphatic heterocycles. The van der Waals surface area contributed by atoms with Crippen molar-refractivity contribution in [2.45, 2.75) is 84.7 Å². The third kappa shape index (κ3) is 8.14. The lowest BCUT2D eigenvalue weighted by atomic mass is 9.92. The summed E-state index contributed by atoms with van der Waals surface area (Å²) in [5.74, 6) is -1.57. The first-order valence-electron chi connectivity index (χ1n) is 11.4. The zero-order valence-electron chi connectivity index (χ0n) is 20.5. The molecule has 0 saturated carbocycles. The molecule has 1 atom stereocenters. The Kier molecular flexibility index (Phi) is 9.05. The lowest BCUT2D eigenvalue weighted by Crippen LogP contribution is -2.28. The van der Waals surface area contributed by atoms with E-state index in [-0.39, 0.29) is 17.0 Å². The molecule has 0 aliphatic carbocycles. The lowest BCUT2D eigenvalue weighted by Gasteiger charge is -2.15. The fourth-order valence-electron chi connectivity index (χ4n) is 3.41. The van der Waals surface area contributed by atoms with Crippen molar-refractivity contribution in [3.05, 3.63) is 47.0 Å². The van der Waals surface area contributed by atoms with Crippen molar-refractivity contribution in [1.29, 1.82) is 0 Å². The molecule has 2 aromatic rings. The number of hydrogen-bond acceptors (Lipinski definition) is 4. The molecule has 2 rings (SSSR count). The zero-order valence-corrected chi connectivity index (χ0v) is 21.4. The molecule has 0 saturated heterocycles. The van der Waals surface area contributed by atoms with Gasteiger partial charge in [-0.2, -0.15) is 5.10 Å². The van der Waals surface area contributed by atoms with Crippen molar-refractivity contribution in [2.24, 2.45) is 0 Å². The van der Waals surface area contributed by atoms with Crippen molar-refractivity contribution in [1.82, 2.24) is 15.1 Å². The molecule has 2 N–H and O–H groups in total. The lowest BCUT2D eigenvalue weighted by molar-refractivity contribution is -0.122. The smallest absolute Gasteiger partial charge is 0.229 e. The van der Waals surface area contributed by atoms with E-state index in [1.807, 2.05) is 10.7 Å². The summed E-state index contributed by atoms with van der Waals surface area (Å²) < 4.78 is 41.1. The quantitative estimate of drug-likeness (QED) is 0.456. The van der Waals surface area contributed by atoms with E-state index in [1.54, 1.807) is 13.0 Å². The number of unbranched alkanes of at least 4 members (excludes halogenated alkanes) is 3. The third-order valence-electron chi connectivity index (χ3n) is 5.48. The van der Waals surface area contributed by atoms with Crippen LogP contribution in [0.5, 0.6) is 0 Å². The summed E-state index contributed by atoms with van der Waals surface area (Å²) in [5.41, 5.74) is 2.14. The molecule has 7 nitrogen and oxygen atoms in total. The van der Waals surface area contributed by atoms with Gasteiger partial charge in [0.15, 0.2) is 0 Å². The Bertz CT molecular complexity index is 1060. The van der Waals surface area contributed by atoms with Crippen LogP contribution < -0.4 is 10.0 Å². The average molecular weight is 481 g/mol. The average Bonchev–Trinajstić information content (AvgIpc) is 3.13. The van der Waals surface area contributed by atoms with Gasteiger partial charge in [0.05, 0.1) is 35.8 Å². The fraction of sp³-hybridized carbons (Fsp3) is 0.583. The molecule has 1 aromatic carbocycles. The minimum Gasteiger partial charge on any atom is -0.350 e. The van der Waals surface area contributed by atoms with E-state index in [0.717, 1.165) is 37.0 Å². The number of halogens is 1. The Morgan fingerprint density at radius 2 is 1.88 bits per heavy atom. The number of aromatic nitrogens is 2. The number of rotatable bonds is 11. The minimum absolute atomic E-state index is 0.0972. The molecule has 0 radical (unpaired) electrons. The molecule has 0 aliphatic rings. The molecule has 1 aromatic heterocycles. The number of carbonyl (C=O) groups is 1. The van der Waals surface area contributed by atoms with E-state index in [0.29, 0.717) is 12.1 Å². The predicted molar refractivity (Wildman–Crippen MR) is 130 cm³/mol. The molecule has 184 valence electrons. The van der Waals surface area contributed by atoms with Gasteiger partial charge >= 0.3 is 0 Å². The topological polar surface area (TPSA) is 93.1 Å². The second-order valence-corrected chi connectivity index (χ2v) is 11.4. The second kappa shape index (κ2) is 11.1. The fourth-order valence-corrected chi connectivity index (χ4v) is 3.98. The Balaban J connectivity index is 2.09. The van der Waals surface area contributed by atoms with E-state index in [9.17, 15) is 17.6 Å². The van der Waals surface area contributed by atoms with Crippen molar-refractivity contribution in [2.75, 3.05) is 11.0 Å². The molecule has 1 heterocycles. The van der Waals surface area contributed by atoms with Crippen LogP contribution in [0.2, 0.25) is 0 Å². The largest absolute Gasteiger partial charge is 0.350 e. The molecule has 9 heteroatoms. The Labute approximate surface area is 197 Å².